The molecule has 0 atom stereocenters. The van der Waals surface area contributed by atoms with E-state index in [2.05, 4.69) is 0 Å². The Hall–Kier alpha value is -4.72. The topological polar surface area (TPSA) is 143 Å². The molecule has 0 saturated carbocycles. The SMILES string of the molecule is CC(C)=O.CC(C)=O.O=C(O)c1cc(C(=O)O)c(C(=O)c2ccccc2)cc1C(=O)c1ccccc1. The van der Waals surface area contributed by atoms with Gasteiger partial charge in [-0.3, -0.25) is 9.59 Å². The van der Waals surface area contributed by atoms with Gasteiger partial charge in [-0.1, -0.05) is 60.7 Å². The minimum absolute atomic E-state index is 0.167. The molecule has 0 aliphatic heterocycles. The molecular weight excluding hydrogens is 464 g/mol. The third-order valence-electron chi connectivity index (χ3n) is 4.18. The predicted octanol–water partition coefficient (Wildman–Crippen LogP) is 4.74. The van der Waals surface area contributed by atoms with E-state index in [1.165, 1.54) is 52.0 Å². The van der Waals surface area contributed by atoms with Gasteiger partial charge in [0.2, 0.25) is 0 Å². The zero-order valence-corrected chi connectivity index (χ0v) is 20.3. The monoisotopic (exact) mass is 490 g/mol. The fraction of sp³-hybridized carbons (Fsp3) is 0.143. The average molecular weight is 491 g/mol. The number of rotatable bonds is 6. The lowest BCUT2D eigenvalue weighted by Crippen LogP contribution is -2.17. The zero-order valence-electron chi connectivity index (χ0n) is 20.3. The van der Waals surface area contributed by atoms with E-state index < -0.39 is 34.6 Å². The molecule has 0 aliphatic carbocycles. The van der Waals surface area contributed by atoms with Gasteiger partial charge in [-0.15, -0.1) is 0 Å². The van der Waals surface area contributed by atoms with Crippen LogP contribution < -0.4 is 0 Å². The minimum atomic E-state index is -1.46. The Kier molecular flexibility index (Phi) is 11.3. The Bertz CT molecular complexity index is 1170. The van der Waals surface area contributed by atoms with Crippen LogP contribution in [0.3, 0.4) is 0 Å². The van der Waals surface area contributed by atoms with Gasteiger partial charge in [0.15, 0.2) is 11.6 Å². The normalized spacial score (nSPS) is 9.44. The first-order chi connectivity index (χ1) is 16.9. The minimum Gasteiger partial charge on any atom is -0.478 e. The molecule has 0 bridgehead atoms. The van der Waals surface area contributed by atoms with Crippen LogP contribution in [0.15, 0.2) is 72.8 Å². The zero-order chi connectivity index (χ0) is 27.4. The Labute approximate surface area is 208 Å². The van der Waals surface area contributed by atoms with E-state index >= 15 is 0 Å². The molecule has 2 N–H and O–H groups in total. The lowest BCUT2D eigenvalue weighted by Gasteiger charge is -2.12. The number of aromatic carboxylic acids is 2. The summed E-state index contributed by atoms with van der Waals surface area (Å²) < 4.78 is 0. The van der Waals surface area contributed by atoms with Crippen molar-refractivity contribution >= 4 is 35.1 Å². The summed E-state index contributed by atoms with van der Waals surface area (Å²) in [7, 11) is 0. The largest absolute Gasteiger partial charge is 0.478 e. The molecule has 8 heteroatoms. The predicted molar refractivity (Wildman–Crippen MR) is 133 cm³/mol. The summed E-state index contributed by atoms with van der Waals surface area (Å²) in [5.41, 5.74) is -0.991. The molecule has 36 heavy (non-hydrogen) atoms. The van der Waals surface area contributed by atoms with Gasteiger partial charge in [-0.05, 0) is 39.8 Å². The summed E-state index contributed by atoms with van der Waals surface area (Å²) in [5.74, 6) is -3.81. The van der Waals surface area contributed by atoms with Crippen molar-refractivity contribution in [1.82, 2.24) is 0 Å². The van der Waals surface area contributed by atoms with Gasteiger partial charge < -0.3 is 19.8 Å². The highest BCUT2D eigenvalue weighted by molar-refractivity contribution is 6.19. The van der Waals surface area contributed by atoms with E-state index in [9.17, 15) is 39.0 Å². The second-order valence-corrected chi connectivity index (χ2v) is 7.76. The third-order valence-corrected chi connectivity index (χ3v) is 4.18. The van der Waals surface area contributed by atoms with Crippen LogP contribution in [0.25, 0.3) is 0 Å². The summed E-state index contributed by atoms with van der Waals surface area (Å²) in [6.45, 7) is 6.11. The summed E-state index contributed by atoms with van der Waals surface area (Å²) >= 11 is 0. The number of hydrogen-bond donors (Lipinski definition) is 2. The van der Waals surface area contributed by atoms with Crippen LogP contribution in [-0.2, 0) is 9.59 Å². The van der Waals surface area contributed by atoms with Crippen LogP contribution in [0.1, 0.15) is 80.3 Å². The number of carbonyl (C=O) groups is 6. The van der Waals surface area contributed by atoms with Crippen molar-refractivity contribution in [3.05, 3.63) is 106 Å². The van der Waals surface area contributed by atoms with Gasteiger partial charge in [0.1, 0.15) is 11.6 Å². The van der Waals surface area contributed by atoms with Crippen LogP contribution in [0, 0.1) is 0 Å². The van der Waals surface area contributed by atoms with Crippen molar-refractivity contribution in [1.29, 1.82) is 0 Å². The molecule has 3 aromatic rings. The first kappa shape index (κ1) is 29.3. The van der Waals surface area contributed by atoms with E-state index in [-0.39, 0.29) is 33.8 Å². The van der Waals surface area contributed by atoms with E-state index in [4.69, 9.17) is 0 Å². The Morgan fingerprint density at radius 2 is 0.722 bits per heavy atom. The van der Waals surface area contributed by atoms with E-state index in [1.54, 1.807) is 36.4 Å². The van der Waals surface area contributed by atoms with Crippen molar-refractivity contribution in [3.63, 3.8) is 0 Å². The van der Waals surface area contributed by atoms with Gasteiger partial charge in [0.05, 0.1) is 11.1 Å². The summed E-state index contributed by atoms with van der Waals surface area (Å²) in [6.07, 6.45) is 0. The average Bonchev–Trinajstić information content (AvgIpc) is 2.82. The number of carboxylic acid groups (broad SMARTS) is 2. The molecule has 0 spiro atoms. The number of Topliss-reactive ketones (excluding diaryl/α,β-unsaturated/α-hetero) is 2. The number of benzene rings is 3. The van der Waals surface area contributed by atoms with Crippen LogP contribution in [0.2, 0.25) is 0 Å². The molecule has 3 aromatic carbocycles. The van der Waals surface area contributed by atoms with Crippen molar-refractivity contribution in [2.24, 2.45) is 0 Å². The maximum absolute atomic E-state index is 12.8. The smallest absolute Gasteiger partial charge is 0.336 e. The van der Waals surface area contributed by atoms with Crippen LogP contribution >= 0.6 is 0 Å². The number of hydrogen-bond acceptors (Lipinski definition) is 6. The summed E-state index contributed by atoms with van der Waals surface area (Å²) in [6, 6.07) is 17.8. The second kappa shape index (κ2) is 13.9. The molecule has 0 amide bonds. The maximum Gasteiger partial charge on any atom is 0.336 e. The van der Waals surface area contributed by atoms with Gasteiger partial charge >= 0.3 is 11.9 Å². The number of ketones is 4. The fourth-order valence-corrected chi connectivity index (χ4v) is 2.82. The molecule has 8 nitrogen and oxygen atoms in total. The van der Waals surface area contributed by atoms with E-state index in [0.717, 1.165) is 12.1 Å². The highest BCUT2D eigenvalue weighted by Gasteiger charge is 2.26. The van der Waals surface area contributed by atoms with Crippen molar-refractivity contribution in [2.45, 2.75) is 27.7 Å². The molecule has 0 radical (unpaired) electrons. The molecule has 0 saturated heterocycles. The highest BCUT2D eigenvalue weighted by Crippen LogP contribution is 2.23. The molecule has 0 fully saturated rings. The van der Waals surface area contributed by atoms with Crippen LogP contribution in [0.5, 0.6) is 0 Å². The Morgan fingerprint density at radius 3 is 0.972 bits per heavy atom. The van der Waals surface area contributed by atoms with Gasteiger partial charge in [-0.25, -0.2) is 9.59 Å². The summed E-state index contributed by atoms with van der Waals surface area (Å²) in [5, 5.41) is 19.0. The molecule has 3 rings (SSSR count). The molecule has 0 unspecified atom stereocenters. The first-order valence-electron chi connectivity index (χ1n) is 10.6. The molecule has 0 heterocycles. The van der Waals surface area contributed by atoms with Gasteiger partial charge in [0.25, 0.3) is 0 Å². The maximum atomic E-state index is 12.8. The summed E-state index contributed by atoms with van der Waals surface area (Å²) in [4.78, 5) is 67.9. The number of carbonyl (C=O) groups excluding carboxylic acids is 4. The molecule has 186 valence electrons. The van der Waals surface area contributed by atoms with E-state index in [1.807, 2.05) is 0 Å². The lowest BCUT2D eigenvalue weighted by atomic mass is 9.90. The Balaban J connectivity index is 0.000000709. The molecular formula is C28H26O8. The number of carboxylic acids is 2. The Morgan fingerprint density at radius 1 is 0.472 bits per heavy atom. The van der Waals surface area contributed by atoms with Gasteiger partial charge in [0, 0.05) is 22.3 Å². The second-order valence-electron chi connectivity index (χ2n) is 7.76. The van der Waals surface area contributed by atoms with Crippen LogP contribution in [0.4, 0.5) is 0 Å². The standard InChI is InChI=1S/C22H14O6.2C3H6O/c23-19(13-7-3-1-4-8-13)15-11-16(20(24)14-9-5-2-6-10-14)18(22(27)28)12-17(15)21(25)26;2*1-3(2)4/h1-12H,(H,25,26)(H,27,28);2*1-2H3. The quantitative estimate of drug-likeness (QED) is 0.472. The first-order valence-corrected chi connectivity index (χ1v) is 10.6. The van der Waals surface area contributed by atoms with Gasteiger partial charge in [-0.2, -0.15) is 0 Å². The lowest BCUT2D eigenvalue weighted by molar-refractivity contribution is -0.115. The highest BCUT2D eigenvalue weighted by atomic mass is 16.4. The van der Waals surface area contributed by atoms with Crippen molar-refractivity contribution < 1.29 is 39.0 Å². The molecule has 0 aromatic heterocycles. The third kappa shape index (κ3) is 8.90. The fourth-order valence-electron chi connectivity index (χ4n) is 2.82. The van der Waals surface area contributed by atoms with Crippen molar-refractivity contribution in [2.75, 3.05) is 0 Å². The van der Waals surface area contributed by atoms with Crippen LogP contribution in [-0.4, -0.2) is 45.3 Å². The van der Waals surface area contributed by atoms with Crippen molar-refractivity contribution in [3.8, 4) is 0 Å². The van der Waals surface area contributed by atoms with E-state index in [0.29, 0.717) is 0 Å². The molecule has 0 aliphatic rings.